The highest BCUT2D eigenvalue weighted by molar-refractivity contribution is 7.86. The minimum absolute atomic E-state index is 0.0357. The van der Waals surface area contributed by atoms with Gasteiger partial charge in [-0.15, -0.1) is 3.89 Å². The number of hydrogen-bond acceptors (Lipinski definition) is 4. The summed E-state index contributed by atoms with van der Waals surface area (Å²) < 4.78 is 75.5. The van der Waals surface area contributed by atoms with Crippen molar-refractivity contribution in [3.05, 3.63) is 41.6 Å². The van der Waals surface area contributed by atoms with Gasteiger partial charge in [-0.2, -0.15) is 21.6 Å². The molecule has 0 unspecified atom stereocenters. The Morgan fingerprint density at radius 1 is 1.13 bits per heavy atom. The number of ether oxygens (including phenoxy) is 1. The van der Waals surface area contributed by atoms with E-state index in [0.717, 1.165) is 12.1 Å². The lowest BCUT2D eigenvalue weighted by atomic mass is 10.1. The second-order valence-electron chi connectivity index (χ2n) is 4.38. The first-order chi connectivity index (χ1) is 10.5. The van der Waals surface area contributed by atoms with E-state index in [2.05, 4.69) is 9.72 Å². The molecule has 0 bridgehead atoms. The zero-order chi connectivity index (χ0) is 17.3. The normalized spacial score (nSPS) is 12.2. The number of alkyl halides is 3. The molecule has 0 amide bonds. The van der Waals surface area contributed by atoms with Crippen molar-refractivity contribution in [3.63, 3.8) is 0 Å². The van der Waals surface area contributed by atoms with Crippen molar-refractivity contribution in [1.82, 2.24) is 4.98 Å². The molecule has 0 saturated heterocycles. The van der Waals surface area contributed by atoms with Gasteiger partial charge in [-0.05, 0) is 36.4 Å². The Hall–Kier alpha value is -1.87. The zero-order valence-electron chi connectivity index (χ0n) is 11.1. The van der Waals surface area contributed by atoms with Crippen molar-refractivity contribution in [1.29, 1.82) is 0 Å². The predicted octanol–water partition coefficient (Wildman–Crippen LogP) is 4.00. The topological polar surface area (TPSA) is 56.3 Å². The fourth-order valence-corrected chi connectivity index (χ4v) is 2.43. The van der Waals surface area contributed by atoms with Crippen LogP contribution in [-0.2, 0) is 10.2 Å². The van der Waals surface area contributed by atoms with Gasteiger partial charge in [-0.25, -0.2) is 4.98 Å². The summed E-state index contributed by atoms with van der Waals surface area (Å²) in [5, 5.41) is -0.240. The van der Waals surface area contributed by atoms with Crippen molar-refractivity contribution in [2.75, 3.05) is 6.61 Å². The van der Waals surface area contributed by atoms with Gasteiger partial charge in [0.1, 0.15) is 15.8 Å². The molecule has 23 heavy (non-hydrogen) atoms. The summed E-state index contributed by atoms with van der Waals surface area (Å²) in [6.45, 7) is -1.44. The number of rotatable bonds is 4. The third-order valence-corrected chi connectivity index (χ3v) is 3.59. The molecule has 0 atom stereocenters. The monoisotopic (exact) mass is 369 g/mol. The van der Waals surface area contributed by atoms with Crippen molar-refractivity contribution < 1.29 is 30.2 Å². The lowest BCUT2D eigenvalue weighted by Gasteiger charge is -2.09. The lowest BCUT2D eigenvalue weighted by Crippen LogP contribution is -2.19. The van der Waals surface area contributed by atoms with E-state index >= 15 is 0 Å². The van der Waals surface area contributed by atoms with Gasteiger partial charge in [0.05, 0.1) is 5.69 Å². The molecule has 2 rings (SSSR count). The molecule has 1 aromatic carbocycles. The number of pyridine rings is 1. The van der Waals surface area contributed by atoms with E-state index in [1.54, 1.807) is 0 Å². The Labute approximate surface area is 133 Å². The first-order valence-corrected chi connectivity index (χ1v) is 7.73. The summed E-state index contributed by atoms with van der Waals surface area (Å²) in [5.41, 5.74) is 0.382. The van der Waals surface area contributed by atoms with E-state index < -0.39 is 27.9 Å². The average molecular weight is 370 g/mol. The van der Waals surface area contributed by atoms with E-state index in [9.17, 15) is 25.5 Å². The van der Waals surface area contributed by atoms with Crippen molar-refractivity contribution in [3.8, 4) is 17.0 Å². The number of aromatic nitrogens is 1. The standard InChI is InChI=1S/C13H8ClF4NO3S/c14-12-6-10(23(18,20)21)5-11(19-12)8-1-3-9(4-2-8)22-7-13(15,16)17/h1-6H,7H2. The molecular formula is C13H8ClF4NO3S. The summed E-state index contributed by atoms with van der Waals surface area (Å²) in [6, 6.07) is 6.99. The molecule has 0 saturated carbocycles. The van der Waals surface area contributed by atoms with Gasteiger partial charge in [-0.1, -0.05) is 11.6 Å². The lowest BCUT2D eigenvalue weighted by molar-refractivity contribution is -0.153. The van der Waals surface area contributed by atoms with Gasteiger partial charge >= 0.3 is 16.4 Å². The molecule has 0 spiro atoms. The largest absolute Gasteiger partial charge is 0.484 e. The molecule has 0 aliphatic rings. The summed E-state index contributed by atoms with van der Waals surface area (Å²) in [7, 11) is -4.96. The summed E-state index contributed by atoms with van der Waals surface area (Å²) in [4.78, 5) is 3.18. The molecule has 4 nitrogen and oxygen atoms in total. The number of halogens is 5. The fraction of sp³-hybridized carbons (Fsp3) is 0.154. The van der Waals surface area contributed by atoms with Crippen LogP contribution in [0.4, 0.5) is 17.1 Å². The van der Waals surface area contributed by atoms with Crippen LogP contribution in [0.25, 0.3) is 11.3 Å². The quantitative estimate of drug-likeness (QED) is 0.464. The zero-order valence-corrected chi connectivity index (χ0v) is 12.7. The van der Waals surface area contributed by atoms with Crippen LogP contribution < -0.4 is 4.74 Å². The van der Waals surface area contributed by atoms with Crippen LogP contribution in [0.2, 0.25) is 5.15 Å². The minimum atomic E-state index is -4.96. The second kappa shape index (κ2) is 6.32. The third kappa shape index (κ3) is 5.07. The molecule has 124 valence electrons. The van der Waals surface area contributed by atoms with E-state index in [4.69, 9.17) is 11.6 Å². The first-order valence-electron chi connectivity index (χ1n) is 5.97. The number of nitrogens with zero attached hydrogens (tertiary/aromatic N) is 1. The molecule has 0 radical (unpaired) electrons. The second-order valence-corrected chi connectivity index (χ2v) is 6.11. The SMILES string of the molecule is O=S(=O)(F)c1cc(Cl)nc(-c2ccc(OCC(F)(F)F)cc2)c1. The Morgan fingerprint density at radius 3 is 2.26 bits per heavy atom. The van der Waals surface area contributed by atoms with Crippen LogP contribution in [0.5, 0.6) is 5.75 Å². The maximum atomic E-state index is 13.0. The van der Waals surface area contributed by atoms with Crippen LogP contribution >= 0.6 is 11.6 Å². The van der Waals surface area contributed by atoms with Crippen molar-refractivity contribution in [2.24, 2.45) is 0 Å². The molecule has 0 aliphatic carbocycles. The van der Waals surface area contributed by atoms with Crippen molar-refractivity contribution >= 4 is 21.8 Å². The average Bonchev–Trinajstić information content (AvgIpc) is 2.43. The van der Waals surface area contributed by atoms with E-state index in [-0.39, 0.29) is 16.6 Å². The van der Waals surface area contributed by atoms with Crippen LogP contribution in [0, 0.1) is 0 Å². The van der Waals surface area contributed by atoms with Crippen LogP contribution in [0.1, 0.15) is 0 Å². The third-order valence-electron chi connectivity index (χ3n) is 2.60. The van der Waals surface area contributed by atoms with E-state index in [1.165, 1.54) is 24.3 Å². The highest BCUT2D eigenvalue weighted by atomic mass is 35.5. The van der Waals surface area contributed by atoms with Gasteiger partial charge in [0, 0.05) is 5.56 Å². The maximum absolute atomic E-state index is 13.0. The minimum Gasteiger partial charge on any atom is -0.484 e. The Kier molecular flexibility index (Phi) is 4.81. The Balaban J connectivity index is 2.28. The smallest absolute Gasteiger partial charge is 0.422 e. The van der Waals surface area contributed by atoms with Gasteiger partial charge in [0.2, 0.25) is 0 Å². The molecular weight excluding hydrogens is 362 g/mol. The van der Waals surface area contributed by atoms with Gasteiger partial charge < -0.3 is 4.74 Å². The van der Waals surface area contributed by atoms with Crippen LogP contribution in [0.15, 0.2) is 41.3 Å². The van der Waals surface area contributed by atoms with Gasteiger partial charge in [0.25, 0.3) is 0 Å². The molecule has 10 heteroatoms. The molecule has 0 N–H and O–H groups in total. The van der Waals surface area contributed by atoms with Crippen LogP contribution in [-0.4, -0.2) is 26.2 Å². The van der Waals surface area contributed by atoms with Crippen LogP contribution in [0.3, 0.4) is 0 Å². The Bertz CT molecular complexity index is 807. The maximum Gasteiger partial charge on any atom is 0.422 e. The predicted molar refractivity (Wildman–Crippen MR) is 74.5 cm³/mol. The first kappa shape index (κ1) is 17.5. The number of benzene rings is 1. The highest BCUT2D eigenvalue weighted by Crippen LogP contribution is 2.27. The molecule has 1 heterocycles. The Morgan fingerprint density at radius 2 is 1.74 bits per heavy atom. The number of hydrogen-bond donors (Lipinski definition) is 0. The van der Waals surface area contributed by atoms with Gasteiger partial charge in [0.15, 0.2) is 6.61 Å². The van der Waals surface area contributed by atoms with E-state index in [1.807, 2.05) is 0 Å². The van der Waals surface area contributed by atoms with E-state index in [0.29, 0.717) is 5.56 Å². The molecule has 2 aromatic rings. The summed E-state index contributed by atoms with van der Waals surface area (Å²) in [6.07, 6.45) is -4.46. The van der Waals surface area contributed by atoms with Gasteiger partial charge in [-0.3, -0.25) is 0 Å². The molecule has 1 aromatic heterocycles. The molecule has 0 aliphatic heterocycles. The van der Waals surface area contributed by atoms with Crippen molar-refractivity contribution in [2.45, 2.75) is 11.1 Å². The fourth-order valence-electron chi connectivity index (χ4n) is 1.65. The highest BCUT2D eigenvalue weighted by Gasteiger charge is 2.28. The summed E-state index contributed by atoms with van der Waals surface area (Å²) in [5.74, 6) is -0.0357. The molecule has 0 fully saturated rings. The summed E-state index contributed by atoms with van der Waals surface area (Å²) >= 11 is 5.65.